The van der Waals surface area contributed by atoms with Crippen LogP contribution in [0.5, 0.6) is 0 Å². The lowest BCUT2D eigenvalue weighted by Crippen LogP contribution is -2.19. The maximum atomic E-state index is 11.9. The molecule has 1 amide bonds. The maximum absolute atomic E-state index is 11.9. The number of hydrazone groups is 1. The predicted molar refractivity (Wildman–Crippen MR) is 103 cm³/mol. The normalized spacial score (nSPS) is 11.5. The Hall–Kier alpha value is -1.64. The summed E-state index contributed by atoms with van der Waals surface area (Å²) in [5.41, 5.74) is 4.71. The highest BCUT2D eigenvalue weighted by atomic mass is 16.2. The second-order valence-corrected chi connectivity index (χ2v) is 6.39. The third-order valence-electron chi connectivity index (χ3n) is 4.26. The van der Waals surface area contributed by atoms with Crippen molar-refractivity contribution in [2.45, 2.75) is 84.5 Å². The first-order valence-corrected chi connectivity index (χ1v) is 9.68. The van der Waals surface area contributed by atoms with E-state index >= 15 is 0 Å². The summed E-state index contributed by atoms with van der Waals surface area (Å²) in [7, 11) is 0. The fraction of sp³-hybridized carbons (Fsp3) is 0.619. The van der Waals surface area contributed by atoms with E-state index in [2.05, 4.69) is 24.4 Å². The summed E-state index contributed by atoms with van der Waals surface area (Å²) >= 11 is 0. The summed E-state index contributed by atoms with van der Waals surface area (Å²) in [4.78, 5) is 11.9. The predicted octanol–water partition coefficient (Wildman–Crippen LogP) is 5.84. The molecule has 0 fully saturated rings. The molecule has 0 aliphatic carbocycles. The molecule has 0 aliphatic heterocycles. The van der Waals surface area contributed by atoms with Gasteiger partial charge in [0.1, 0.15) is 0 Å². The molecule has 24 heavy (non-hydrogen) atoms. The van der Waals surface area contributed by atoms with Crippen LogP contribution in [0.4, 0.5) is 0 Å². The summed E-state index contributed by atoms with van der Waals surface area (Å²) < 4.78 is 0. The SMILES string of the molecule is CCCCCCCCCCCC(=O)N/N=C(\CC)c1ccccc1. The summed E-state index contributed by atoms with van der Waals surface area (Å²) in [6.07, 6.45) is 12.8. The van der Waals surface area contributed by atoms with Crippen LogP contribution in [-0.2, 0) is 4.79 Å². The van der Waals surface area contributed by atoms with Crippen LogP contribution in [0, 0.1) is 0 Å². The third-order valence-corrected chi connectivity index (χ3v) is 4.26. The van der Waals surface area contributed by atoms with E-state index in [1.807, 2.05) is 30.3 Å². The molecule has 0 aliphatic rings. The zero-order chi connectivity index (χ0) is 17.5. The standard InChI is InChI=1S/C21H34N2O/c1-3-5-6-7-8-9-10-11-15-18-21(24)23-22-20(4-2)19-16-13-12-14-17-19/h12-14,16-17H,3-11,15,18H2,1-2H3,(H,23,24)/b22-20+. The molecule has 1 rings (SSSR count). The number of carbonyl (C=O) groups excluding carboxylic acids is 1. The van der Waals surface area contributed by atoms with Crippen molar-refractivity contribution in [2.24, 2.45) is 5.10 Å². The molecule has 0 aromatic heterocycles. The van der Waals surface area contributed by atoms with Gasteiger partial charge >= 0.3 is 0 Å². The van der Waals surface area contributed by atoms with Gasteiger partial charge in [0.05, 0.1) is 5.71 Å². The molecule has 0 saturated carbocycles. The van der Waals surface area contributed by atoms with Gasteiger partial charge in [-0.25, -0.2) is 5.43 Å². The molecule has 0 radical (unpaired) electrons. The van der Waals surface area contributed by atoms with Crippen LogP contribution >= 0.6 is 0 Å². The van der Waals surface area contributed by atoms with Gasteiger partial charge in [0, 0.05) is 6.42 Å². The number of nitrogens with one attached hydrogen (secondary N) is 1. The minimum Gasteiger partial charge on any atom is -0.273 e. The van der Waals surface area contributed by atoms with Crippen LogP contribution in [0.15, 0.2) is 35.4 Å². The Morgan fingerprint density at radius 2 is 1.46 bits per heavy atom. The second-order valence-electron chi connectivity index (χ2n) is 6.39. The molecule has 0 saturated heterocycles. The summed E-state index contributed by atoms with van der Waals surface area (Å²) in [6.45, 7) is 4.30. The van der Waals surface area contributed by atoms with Gasteiger partial charge in [0.15, 0.2) is 0 Å². The lowest BCUT2D eigenvalue weighted by atomic mass is 10.1. The van der Waals surface area contributed by atoms with Crippen molar-refractivity contribution in [1.82, 2.24) is 5.43 Å². The average molecular weight is 331 g/mol. The van der Waals surface area contributed by atoms with E-state index in [0.717, 1.165) is 30.5 Å². The molecule has 3 heteroatoms. The van der Waals surface area contributed by atoms with Gasteiger partial charge in [-0.15, -0.1) is 0 Å². The molecule has 1 N–H and O–H groups in total. The molecule has 0 atom stereocenters. The van der Waals surface area contributed by atoms with Crippen LogP contribution in [0.3, 0.4) is 0 Å². The summed E-state index contributed by atoms with van der Waals surface area (Å²) in [5, 5.41) is 4.29. The molecular formula is C21H34N2O. The number of amides is 1. The molecule has 0 spiro atoms. The van der Waals surface area contributed by atoms with E-state index in [-0.39, 0.29) is 5.91 Å². The first-order valence-electron chi connectivity index (χ1n) is 9.68. The van der Waals surface area contributed by atoms with Gasteiger partial charge in [-0.2, -0.15) is 5.10 Å². The van der Waals surface area contributed by atoms with Gasteiger partial charge in [-0.05, 0) is 18.4 Å². The van der Waals surface area contributed by atoms with Gasteiger partial charge < -0.3 is 0 Å². The number of rotatable bonds is 13. The molecule has 1 aromatic rings. The average Bonchev–Trinajstić information content (AvgIpc) is 2.62. The van der Waals surface area contributed by atoms with E-state index in [9.17, 15) is 4.79 Å². The minimum absolute atomic E-state index is 0.0276. The van der Waals surface area contributed by atoms with E-state index in [1.165, 1.54) is 44.9 Å². The van der Waals surface area contributed by atoms with Gasteiger partial charge in [0.25, 0.3) is 0 Å². The minimum atomic E-state index is 0.0276. The first-order chi connectivity index (χ1) is 11.8. The van der Waals surface area contributed by atoms with Crippen LogP contribution in [-0.4, -0.2) is 11.6 Å². The number of hydrogen-bond acceptors (Lipinski definition) is 2. The van der Waals surface area contributed by atoms with Crippen molar-refractivity contribution in [2.75, 3.05) is 0 Å². The van der Waals surface area contributed by atoms with E-state index in [0.29, 0.717) is 6.42 Å². The Morgan fingerprint density at radius 1 is 0.875 bits per heavy atom. The monoisotopic (exact) mass is 330 g/mol. The number of nitrogens with zero attached hydrogens (tertiary/aromatic N) is 1. The van der Waals surface area contributed by atoms with Crippen molar-refractivity contribution >= 4 is 11.6 Å². The summed E-state index contributed by atoms with van der Waals surface area (Å²) in [6, 6.07) is 10.0. The van der Waals surface area contributed by atoms with E-state index < -0.39 is 0 Å². The number of benzene rings is 1. The van der Waals surface area contributed by atoms with Crippen molar-refractivity contribution in [3.05, 3.63) is 35.9 Å². The highest BCUT2D eigenvalue weighted by Crippen LogP contribution is 2.10. The second kappa shape index (κ2) is 13.8. The molecule has 0 unspecified atom stereocenters. The Morgan fingerprint density at radius 3 is 2.04 bits per heavy atom. The van der Waals surface area contributed by atoms with Crippen molar-refractivity contribution in [3.63, 3.8) is 0 Å². The molecule has 0 bridgehead atoms. The van der Waals surface area contributed by atoms with Crippen molar-refractivity contribution < 1.29 is 4.79 Å². The zero-order valence-electron chi connectivity index (χ0n) is 15.5. The molecule has 3 nitrogen and oxygen atoms in total. The lowest BCUT2D eigenvalue weighted by Gasteiger charge is -2.05. The van der Waals surface area contributed by atoms with Gasteiger partial charge in [-0.1, -0.05) is 95.5 Å². The Kier molecular flexibility index (Phi) is 11.7. The zero-order valence-corrected chi connectivity index (χ0v) is 15.5. The van der Waals surface area contributed by atoms with Gasteiger partial charge in [-0.3, -0.25) is 4.79 Å². The van der Waals surface area contributed by atoms with Crippen LogP contribution in [0.2, 0.25) is 0 Å². The Bertz CT molecular complexity index is 468. The highest BCUT2D eigenvalue weighted by molar-refractivity contribution is 6.00. The lowest BCUT2D eigenvalue weighted by molar-refractivity contribution is -0.121. The fourth-order valence-corrected chi connectivity index (χ4v) is 2.76. The van der Waals surface area contributed by atoms with Crippen LogP contribution in [0.25, 0.3) is 0 Å². The number of hydrogen-bond donors (Lipinski definition) is 1. The van der Waals surface area contributed by atoms with E-state index in [1.54, 1.807) is 0 Å². The number of unbranched alkanes of at least 4 members (excludes halogenated alkanes) is 8. The fourth-order valence-electron chi connectivity index (χ4n) is 2.76. The van der Waals surface area contributed by atoms with E-state index in [4.69, 9.17) is 0 Å². The maximum Gasteiger partial charge on any atom is 0.240 e. The Labute approximate surface area is 147 Å². The topological polar surface area (TPSA) is 41.5 Å². The van der Waals surface area contributed by atoms with Crippen molar-refractivity contribution in [3.8, 4) is 0 Å². The smallest absolute Gasteiger partial charge is 0.240 e. The molecule has 1 aromatic carbocycles. The summed E-state index contributed by atoms with van der Waals surface area (Å²) in [5.74, 6) is 0.0276. The molecule has 0 heterocycles. The third kappa shape index (κ3) is 9.49. The largest absolute Gasteiger partial charge is 0.273 e. The van der Waals surface area contributed by atoms with Crippen molar-refractivity contribution in [1.29, 1.82) is 0 Å². The highest BCUT2D eigenvalue weighted by Gasteiger charge is 2.03. The molecule has 134 valence electrons. The van der Waals surface area contributed by atoms with Crippen LogP contribution < -0.4 is 5.43 Å². The quantitative estimate of drug-likeness (QED) is 0.275. The van der Waals surface area contributed by atoms with Crippen LogP contribution in [0.1, 0.15) is 90.0 Å². The first kappa shape index (κ1) is 20.4. The Balaban J connectivity index is 2.12. The molecular weight excluding hydrogens is 296 g/mol. The van der Waals surface area contributed by atoms with Gasteiger partial charge in [0.2, 0.25) is 5.91 Å². The number of carbonyl (C=O) groups is 1.